The highest BCUT2D eigenvalue weighted by Gasteiger charge is 2.15. The van der Waals surface area contributed by atoms with E-state index in [9.17, 15) is 14.7 Å². The number of fused-ring (bicyclic) bond motifs is 1. The molecule has 0 radical (unpaired) electrons. The van der Waals surface area contributed by atoms with Crippen molar-refractivity contribution in [2.24, 2.45) is 5.10 Å². The van der Waals surface area contributed by atoms with Gasteiger partial charge in [0.05, 0.1) is 35.2 Å². The minimum atomic E-state index is -0.330. The fourth-order valence-electron chi connectivity index (χ4n) is 3.46. The second kappa shape index (κ2) is 10.9. The van der Waals surface area contributed by atoms with Crippen LogP contribution < -0.4 is 15.7 Å². The van der Waals surface area contributed by atoms with Crippen LogP contribution in [0.1, 0.15) is 18.9 Å². The van der Waals surface area contributed by atoms with Crippen LogP contribution in [0.15, 0.2) is 87.8 Å². The van der Waals surface area contributed by atoms with Crippen molar-refractivity contribution in [1.29, 1.82) is 0 Å². The fraction of sp³-hybridized carbons (Fsp3) is 0.154. The summed E-state index contributed by atoms with van der Waals surface area (Å²) in [5, 5.41) is 14.6. The van der Waals surface area contributed by atoms with E-state index in [1.807, 2.05) is 13.0 Å². The topological polar surface area (TPSA) is 106 Å². The van der Waals surface area contributed by atoms with E-state index < -0.39 is 0 Å². The van der Waals surface area contributed by atoms with Crippen LogP contribution in [0.5, 0.6) is 11.5 Å². The summed E-state index contributed by atoms with van der Waals surface area (Å²) < 4.78 is 6.72. The van der Waals surface area contributed by atoms with E-state index in [0.717, 1.165) is 17.3 Å². The monoisotopic (exact) mass is 488 g/mol. The Hall–Kier alpha value is -4.11. The summed E-state index contributed by atoms with van der Waals surface area (Å²) in [6.07, 6.45) is 0.599. The first kappa shape index (κ1) is 24.0. The molecule has 4 aromatic rings. The first-order valence-electron chi connectivity index (χ1n) is 10.9. The average Bonchev–Trinajstić information content (AvgIpc) is 2.89. The number of ether oxygens (including phenoxy) is 1. The van der Waals surface area contributed by atoms with Gasteiger partial charge in [0.2, 0.25) is 0 Å². The molecule has 0 aliphatic carbocycles. The summed E-state index contributed by atoms with van der Waals surface area (Å²) in [4.78, 5) is 30.6. The highest BCUT2D eigenvalue weighted by molar-refractivity contribution is 7.99. The van der Waals surface area contributed by atoms with Crippen molar-refractivity contribution in [2.75, 3.05) is 12.9 Å². The number of nitrogens with one attached hydrogen (secondary N) is 1. The van der Waals surface area contributed by atoms with E-state index in [1.54, 1.807) is 73.8 Å². The van der Waals surface area contributed by atoms with Gasteiger partial charge in [-0.05, 0) is 72.6 Å². The highest BCUT2D eigenvalue weighted by atomic mass is 32.2. The average molecular weight is 489 g/mol. The molecule has 4 rings (SSSR count). The number of nitrogens with zero attached hydrogens (tertiary/aromatic N) is 3. The van der Waals surface area contributed by atoms with Gasteiger partial charge in [0.15, 0.2) is 5.16 Å². The van der Waals surface area contributed by atoms with Crippen molar-refractivity contribution in [2.45, 2.75) is 18.5 Å². The lowest BCUT2D eigenvalue weighted by Crippen LogP contribution is -2.24. The molecule has 0 atom stereocenters. The van der Waals surface area contributed by atoms with Crippen molar-refractivity contribution in [1.82, 2.24) is 15.0 Å². The van der Waals surface area contributed by atoms with Gasteiger partial charge in [-0.15, -0.1) is 0 Å². The Balaban J connectivity index is 1.58. The summed E-state index contributed by atoms with van der Waals surface area (Å²) >= 11 is 1.15. The van der Waals surface area contributed by atoms with Crippen molar-refractivity contribution in [3.05, 3.63) is 88.7 Å². The molecule has 1 amide bonds. The number of aromatic hydroxyl groups is 1. The quantitative estimate of drug-likeness (QED) is 0.167. The Morgan fingerprint density at radius 3 is 2.49 bits per heavy atom. The molecule has 0 aliphatic rings. The van der Waals surface area contributed by atoms with Gasteiger partial charge in [-0.2, -0.15) is 5.10 Å². The van der Waals surface area contributed by atoms with Crippen LogP contribution in [0.4, 0.5) is 0 Å². The van der Waals surface area contributed by atoms with E-state index >= 15 is 0 Å². The number of carbonyl (C=O) groups excluding carboxylic acids is 1. The van der Waals surface area contributed by atoms with E-state index in [1.165, 1.54) is 4.57 Å². The third-order valence-electron chi connectivity index (χ3n) is 5.26. The SMILES string of the molecule is CC/C(=N\NC(=O)CSc1nc2ccccc2c(=O)n1-c1ccc(OC)cc1)c1ccc(O)cc1. The number of para-hydroxylation sites is 1. The normalized spacial score (nSPS) is 11.4. The summed E-state index contributed by atoms with van der Waals surface area (Å²) in [7, 11) is 1.58. The van der Waals surface area contributed by atoms with E-state index in [2.05, 4.69) is 15.5 Å². The lowest BCUT2D eigenvalue weighted by molar-refractivity contribution is -0.118. The molecule has 2 N–H and O–H groups in total. The van der Waals surface area contributed by atoms with E-state index in [4.69, 9.17) is 4.74 Å². The lowest BCUT2D eigenvalue weighted by Gasteiger charge is -2.13. The zero-order chi connectivity index (χ0) is 24.8. The third-order valence-corrected chi connectivity index (χ3v) is 6.20. The van der Waals surface area contributed by atoms with Gasteiger partial charge in [-0.3, -0.25) is 14.2 Å². The molecule has 1 heterocycles. The van der Waals surface area contributed by atoms with Crippen LogP contribution in [0.2, 0.25) is 0 Å². The molecule has 8 nitrogen and oxygen atoms in total. The number of benzene rings is 3. The first-order chi connectivity index (χ1) is 17.0. The number of amides is 1. The summed E-state index contributed by atoms with van der Waals surface area (Å²) in [6, 6.07) is 20.8. The van der Waals surface area contributed by atoms with E-state index in [-0.39, 0.29) is 23.0 Å². The van der Waals surface area contributed by atoms with Crippen LogP contribution in [0.3, 0.4) is 0 Å². The van der Waals surface area contributed by atoms with Crippen LogP contribution in [-0.4, -0.2) is 39.1 Å². The molecule has 0 spiro atoms. The number of phenols is 1. The van der Waals surface area contributed by atoms with Gasteiger partial charge in [-0.25, -0.2) is 10.4 Å². The molecule has 3 aromatic carbocycles. The molecule has 0 aliphatic heterocycles. The molecule has 0 bridgehead atoms. The zero-order valence-corrected chi connectivity index (χ0v) is 20.1. The second-order valence-electron chi connectivity index (χ2n) is 7.53. The standard InChI is InChI=1S/C26H24N4O4S/c1-3-22(17-8-12-19(31)13-9-17)28-29-24(32)16-35-26-27-23-7-5-4-6-21(23)25(33)30(26)18-10-14-20(34-2)15-11-18/h4-15,31H,3,16H2,1-2H3,(H,29,32)/b28-22+. The van der Waals surface area contributed by atoms with Gasteiger partial charge in [0, 0.05) is 0 Å². The van der Waals surface area contributed by atoms with E-state index in [0.29, 0.717) is 39.6 Å². The van der Waals surface area contributed by atoms with Crippen LogP contribution in [-0.2, 0) is 4.79 Å². The number of hydrogen-bond acceptors (Lipinski definition) is 7. The Labute approximate surface area is 206 Å². The summed E-state index contributed by atoms with van der Waals surface area (Å²) in [5.74, 6) is 0.512. The van der Waals surface area contributed by atoms with Gasteiger partial charge < -0.3 is 9.84 Å². The predicted octanol–water partition coefficient (Wildman–Crippen LogP) is 4.12. The highest BCUT2D eigenvalue weighted by Crippen LogP contribution is 2.23. The number of methoxy groups -OCH3 is 1. The molecule has 0 saturated carbocycles. The molecule has 178 valence electrons. The maximum absolute atomic E-state index is 13.3. The molecule has 9 heteroatoms. The first-order valence-corrected chi connectivity index (χ1v) is 11.9. The molecule has 0 unspecified atom stereocenters. The van der Waals surface area contributed by atoms with Crippen molar-refractivity contribution in [3.8, 4) is 17.2 Å². The Bertz CT molecular complexity index is 1430. The van der Waals surface area contributed by atoms with Gasteiger partial charge in [-0.1, -0.05) is 30.8 Å². The largest absolute Gasteiger partial charge is 0.508 e. The second-order valence-corrected chi connectivity index (χ2v) is 8.48. The van der Waals surface area contributed by atoms with Crippen LogP contribution in [0.25, 0.3) is 16.6 Å². The number of phenolic OH excluding ortho intramolecular Hbond substituents is 1. The summed E-state index contributed by atoms with van der Waals surface area (Å²) in [5.41, 5.74) is 5.03. The fourth-order valence-corrected chi connectivity index (χ4v) is 4.27. The molecule has 1 aromatic heterocycles. The summed E-state index contributed by atoms with van der Waals surface area (Å²) in [6.45, 7) is 1.93. The number of rotatable bonds is 8. The molecule has 0 fully saturated rings. The minimum Gasteiger partial charge on any atom is -0.508 e. The number of aromatic nitrogens is 2. The predicted molar refractivity (Wildman–Crippen MR) is 138 cm³/mol. The number of hydrazone groups is 1. The van der Waals surface area contributed by atoms with Gasteiger partial charge in [0.25, 0.3) is 11.5 Å². The van der Waals surface area contributed by atoms with Crippen molar-refractivity contribution >= 4 is 34.3 Å². The smallest absolute Gasteiger partial charge is 0.266 e. The lowest BCUT2D eigenvalue weighted by atomic mass is 10.1. The minimum absolute atomic E-state index is 0.0109. The maximum atomic E-state index is 13.3. The Kier molecular flexibility index (Phi) is 7.47. The van der Waals surface area contributed by atoms with Crippen molar-refractivity contribution < 1.29 is 14.6 Å². The maximum Gasteiger partial charge on any atom is 0.266 e. The molecule has 0 saturated heterocycles. The number of carbonyl (C=O) groups is 1. The Morgan fingerprint density at radius 2 is 1.80 bits per heavy atom. The van der Waals surface area contributed by atoms with Crippen molar-refractivity contribution in [3.63, 3.8) is 0 Å². The molecular formula is C26H24N4O4S. The third kappa shape index (κ3) is 5.52. The number of hydrogen-bond donors (Lipinski definition) is 2. The Morgan fingerprint density at radius 1 is 1.09 bits per heavy atom. The van der Waals surface area contributed by atoms with Crippen LogP contribution in [0, 0.1) is 0 Å². The number of thioether (sulfide) groups is 1. The van der Waals surface area contributed by atoms with Gasteiger partial charge in [0.1, 0.15) is 11.5 Å². The molecular weight excluding hydrogens is 464 g/mol. The zero-order valence-electron chi connectivity index (χ0n) is 19.3. The van der Waals surface area contributed by atoms with Crippen LogP contribution >= 0.6 is 11.8 Å². The van der Waals surface area contributed by atoms with Gasteiger partial charge >= 0.3 is 0 Å². The molecule has 35 heavy (non-hydrogen) atoms.